The normalized spacial score (nSPS) is 11.4. The van der Waals surface area contributed by atoms with Crippen LogP contribution in [0.5, 0.6) is 11.5 Å². The van der Waals surface area contributed by atoms with E-state index in [9.17, 15) is 9.59 Å². The number of carbonyl (C=O) groups excluding carboxylic acids is 2. The Bertz CT molecular complexity index is 808. The number of benzene rings is 2. The van der Waals surface area contributed by atoms with Crippen LogP contribution in [0.4, 0.5) is 0 Å². The van der Waals surface area contributed by atoms with Crippen molar-refractivity contribution in [1.29, 1.82) is 0 Å². The summed E-state index contributed by atoms with van der Waals surface area (Å²) in [5, 5.41) is 2.98. The molecule has 1 unspecified atom stereocenters. The summed E-state index contributed by atoms with van der Waals surface area (Å²) in [6.45, 7) is 4.40. The molecule has 0 bridgehead atoms. The lowest BCUT2D eigenvalue weighted by atomic mass is 10.1. The van der Waals surface area contributed by atoms with Gasteiger partial charge in [0.15, 0.2) is 11.5 Å². The zero-order chi connectivity index (χ0) is 21.2. The third-order valence-corrected chi connectivity index (χ3v) is 4.85. The Morgan fingerprint density at radius 3 is 2.31 bits per heavy atom. The minimum Gasteiger partial charge on any atom is -0.493 e. The number of hydrogen-bond donors (Lipinski definition) is 1. The molecule has 0 saturated heterocycles. The van der Waals surface area contributed by atoms with E-state index in [1.807, 2.05) is 55.5 Å². The van der Waals surface area contributed by atoms with Crippen LogP contribution in [0.2, 0.25) is 0 Å². The van der Waals surface area contributed by atoms with Gasteiger partial charge >= 0.3 is 0 Å². The summed E-state index contributed by atoms with van der Waals surface area (Å²) in [6, 6.07) is 15.4. The Hall–Kier alpha value is -3.02. The fourth-order valence-electron chi connectivity index (χ4n) is 3.10. The second kappa shape index (κ2) is 11.1. The van der Waals surface area contributed by atoms with E-state index in [0.717, 1.165) is 11.1 Å². The number of amides is 2. The molecular formula is C23H30N2O4. The predicted octanol–water partition coefficient (Wildman–Crippen LogP) is 3.36. The summed E-state index contributed by atoms with van der Waals surface area (Å²) < 4.78 is 10.6. The van der Waals surface area contributed by atoms with Crippen LogP contribution in [-0.4, -0.2) is 44.0 Å². The van der Waals surface area contributed by atoms with Gasteiger partial charge in [-0.2, -0.15) is 0 Å². The van der Waals surface area contributed by atoms with Crippen LogP contribution in [0.25, 0.3) is 0 Å². The highest BCUT2D eigenvalue weighted by atomic mass is 16.5. The van der Waals surface area contributed by atoms with Crippen molar-refractivity contribution in [3.8, 4) is 11.5 Å². The summed E-state index contributed by atoms with van der Waals surface area (Å²) in [7, 11) is 3.19. The van der Waals surface area contributed by atoms with Crippen LogP contribution in [0.3, 0.4) is 0 Å². The monoisotopic (exact) mass is 398 g/mol. The largest absolute Gasteiger partial charge is 0.493 e. The Balaban J connectivity index is 1.87. The van der Waals surface area contributed by atoms with Crippen LogP contribution in [0.1, 0.15) is 37.4 Å². The number of nitrogens with one attached hydrogen (secondary N) is 1. The van der Waals surface area contributed by atoms with E-state index in [1.165, 1.54) is 6.92 Å². The van der Waals surface area contributed by atoms with Crippen LogP contribution in [0, 0.1) is 0 Å². The topological polar surface area (TPSA) is 67.9 Å². The van der Waals surface area contributed by atoms with Crippen LogP contribution in [0.15, 0.2) is 48.5 Å². The number of hydrogen-bond acceptors (Lipinski definition) is 4. The zero-order valence-electron chi connectivity index (χ0n) is 17.6. The van der Waals surface area contributed by atoms with Gasteiger partial charge in [0.05, 0.1) is 20.3 Å². The molecule has 0 aliphatic rings. The van der Waals surface area contributed by atoms with Crippen LogP contribution >= 0.6 is 0 Å². The highest BCUT2D eigenvalue weighted by Gasteiger charge is 2.14. The zero-order valence-corrected chi connectivity index (χ0v) is 17.6. The third kappa shape index (κ3) is 6.82. The number of rotatable bonds is 10. The van der Waals surface area contributed by atoms with Crippen molar-refractivity contribution >= 4 is 11.8 Å². The molecule has 6 nitrogen and oxygen atoms in total. The Morgan fingerprint density at radius 2 is 1.69 bits per heavy atom. The predicted molar refractivity (Wildman–Crippen MR) is 113 cm³/mol. The van der Waals surface area contributed by atoms with Crippen molar-refractivity contribution in [3.63, 3.8) is 0 Å². The molecule has 0 radical (unpaired) electrons. The van der Waals surface area contributed by atoms with E-state index in [2.05, 4.69) is 5.32 Å². The van der Waals surface area contributed by atoms with Crippen molar-refractivity contribution in [3.05, 3.63) is 59.7 Å². The highest BCUT2D eigenvalue weighted by molar-refractivity contribution is 5.78. The number of carbonyl (C=O) groups is 2. The Kier molecular flexibility index (Phi) is 8.52. The molecular weight excluding hydrogens is 368 g/mol. The lowest BCUT2D eigenvalue weighted by Crippen LogP contribution is -2.35. The number of nitrogens with zero attached hydrogens (tertiary/aromatic N) is 1. The summed E-state index contributed by atoms with van der Waals surface area (Å²) >= 11 is 0. The molecule has 0 spiro atoms. The van der Waals surface area contributed by atoms with E-state index < -0.39 is 0 Å². The van der Waals surface area contributed by atoms with Crippen molar-refractivity contribution in [1.82, 2.24) is 10.2 Å². The molecule has 2 amide bonds. The van der Waals surface area contributed by atoms with Gasteiger partial charge in [-0.15, -0.1) is 0 Å². The second-order valence-corrected chi connectivity index (χ2v) is 6.90. The first-order valence-corrected chi connectivity index (χ1v) is 9.75. The Labute approximate surface area is 172 Å². The van der Waals surface area contributed by atoms with Gasteiger partial charge in [0.2, 0.25) is 11.8 Å². The average molecular weight is 399 g/mol. The molecule has 0 heterocycles. The molecule has 2 rings (SSSR count). The summed E-state index contributed by atoms with van der Waals surface area (Å²) in [5.74, 6) is 1.21. The first kappa shape index (κ1) is 22.3. The van der Waals surface area contributed by atoms with E-state index in [0.29, 0.717) is 31.0 Å². The van der Waals surface area contributed by atoms with E-state index in [1.54, 1.807) is 19.1 Å². The van der Waals surface area contributed by atoms with E-state index >= 15 is 0 Å². The van der Waals surface area contributed by atoms with E-state index in [-0.39, 0.29) is 24.3 Å². The van der Waals surface area contributed by atoms with Gasteiger partial charge in [0, 0.05) is 26.4 Å². The summed E-state index contributed by atoms with van der Waals surface area (Å²) in [5.41, 5.74) is 2.09. The molecule has 29 heavy (non-hydrogen) atoms. The molecule has 1 atom stereocenters. The second-order valence-electron chi connectivity index (χ2n) is 6.90. The molecule has 0 aliphatic heterocycles. The maximum absolute atomic E-state index is 12.3. The first-order valence-electron chi connectivity index (χ1n) is 9.75. The Morgan fingerprint density at radius 1 is 1.00 bits per heavy atom. The van der Waals surface area contributed by atoms with Gasteiger partial charge in [0.1, 0.15) is 0 Å². The first-order chi connectivity index (χ1) is 13.9. The average Bonchev–Trinajstić information content (AvgIpc) is 2.73. The molecule has 2 aromatic rings. The SMILES string of the molecule is COc1ccc(CCN(CCC(=O)NC(C)c2ccccc2)C(C)=O)cc1OC. The minimum absolute atomic E-state index is 0.0469. The smallest absolute Gasteiger partial charge is 0.222 e. The summed E-state index contributed by atoms with van der Waals surface area (Å²) in [6.07, 6.45) is 0.935. The molecule has 1 N–H and O–H groups in total. The lowest BCUT2D eigenvalue weighted by Gasteiger charge is -2.22. The van der Waals surface area contributed by atoms with E-state index in [4.69, 9.17) is 9.47 Å². The quantitative estimate of drug-likeness (QED) is 0.666. The lowest BCUT2D eigenvalue weighted by molar-refractivity contribution is -0.129. The van der Waals surface area contributed by atoms with Gasteiger partial charge in [-0.3, -0.25) is 9.59 Å². The van der Waals surface area contributed by atoms with Gasteiger partial charge in [-0.1, -0.05) is 36.4 Å². The fraction of sp³-hybridized carbons (Fsp3) is 0.391. The van der Waals surface area contributed by atoms with Crippen LogP contribution < -0.4 is 14.8 Å². The maximum Gasteiger partial charge on any atom is 0.222 e. The molecule has 0 aromatic heterocycles. The fourth-order valence-corrected chi connectivity index (χ4v) is 3.10. The maximum atomic E-state index is 12.3. The van der Waals surface area contributed by atoms with Crippen molar-refractivity contribution in [2.75, 3.05) is 27.3 Å². The van der Waals surface area contributed by atoms with Crippen molar-refractivity contribution in [2.45, 2.75) is 32.7 Å². The van der Waals surface area contributed by atoms with Gasteiger partial charge in [-0.25, -0.2) is 0 Å². The molecule has 0 saturated carbocycles. The van der Waals surface area contributed by atoms with Gasteiger partial charge < -0.3 is 19.7 Å². The van der Waals surface area contributed by atoms with Crippen molar-refractivity contribution in [2.24, 2.45) is 0 Å². The number of ether oxygens (including phenoxy) is 2. The third-order valence-electron chi connectivity index (χ3n) is 4.85. The van der Waals surface area contributed by atoms with Crippen LogP contribution in [-0.2, 0) is 16.0 Å². The molecule has 0 aliphatic carbocycles. The van der Waals surface area contributed by atoms with Crippen molar-refractivity contribution < 1.29 is 19.1 Å². The number of methoxy groups -OCH3 is 2. The van der Waals surface area contributed by atoms with Gasteiger partial charge in [0.25, 0.3) is 0 Å². The van der Waals surface area contributed by atoms with Gasteiger partial charge in [-0.05, 0) is 36.6 Å². The molecule has 0 fully saturated rings. The molecule has 2 aromatic carbocycles. The highest BCUT2D eigenvalue weighted by Crippen LogP contribution is 2.27. The molecule has 156 valence electrons. The minimum atomic E-state index is -0.0706. The standard InChI is InChI=1S/C23H30N2O4/c1-17(20-8-6-5-7-9-20)24-23(27)13-15-25(18(2)26)14-12-19-10-11-21(28-3)22(16-19)29-4/h5-11,16-17H,12-15H2,1-4H3,(H,24,27). The summed E-state index contributed by atoms with van der Waals surface area (Å²) in [4.78, 5) is 26.0. The molecule has 6 heteroatoms.